The summed E-state index contributed by atoms with van der Waals surface area (Å²) in [4.78, 5) is 11.7. The van der Waals surface area contributed by atoms with Gasteiger partial charge in [-0.2, -0.15) is 0 Å². The van der Waals surface area contributed by atoms with E-state index in [0.29, 0.717) is 18.9 Å². The smallest absolute Gasteiger partial charge is 0.224 e. The predicted molar refractivity (Wildman–Crippen MR) is 70.4 cm³/mol. The molecule has 0 aliphatic heterocycles. The average molecular weight is 235 g/mol. The summed E-state index contributed by atoms with van der Waals surface area (Å²) >= 11 is 0. The summed E-state index contributed by atoms with van der Waals surface area (Å²) < 4.78 is 5.44. The largest absolute Gasteiger partial charge is 0.494 e. The fourth-order valence-electron chi connectivity index (χ4n) is 1.65. The summed E-state index contributed by atoms with van der Waals surface area (Å²) in [5, 5.41) is 2.89. The number of carbonyl (C=O) groups is 1. The fourth-order valence-corrected chi connectivity index (χ4v) is 1.65. The lowest BCUT2D eigenvalue weighted by Gasteiger charge is -2.10. The molecule has 0 atom stereocenters. The second kappa shape index (κ2) is 6.28. The van der Waals surface area contributed by atoms with Crippen molar-refractivity contribution in [1.82, 2.24) is 0 Å². The molecule has 0 unspecified atom stereocenters. The van der Waals surface area contributed by atoms with Gasteiger partial charge >= 0.3 is 0 Å². The maximum Gasteiger partial charge on any atom is 0.224 e. The number of hydrogen-bond acceptors (Lipinski definition) is 2. The molecule has 0 aliphatic carbocycles. The van der Waals surface area contributed by atoms with E-state index in [1.807, 2.05) is 45.9 Å². The predicted octanol–water partition coefficient (Wildman–Crippen LogP) is 3.38. The minimum Gasteiger partial charge on any atom is -0.494 e. The molecule has 0 bridgehead atoms. The molecule has 1 rings (SSSR count). The highest BCUT2D eigenvalue weighted by molar-refractivity contribution is 5.91. The highest BCUT2D eigenvalue weighted by Crippen LogP contribution is 2.21. The van der Waals surface area contributed by atoms with Crippen molar-refractivity contribution in [3.8, 4) is 5.75 Å². The number of anilines is 1. The number of carbonyl (C=O) groups excluding carboxylic acids is 1. The first kappa shape index (κ1) is 13.6. The van der Waals surface area contributed by atoms with Crippen molar-refractivity contribution in [2.45, 2.75) is 34.1 Å². The Labute approximate surface area is 103 Å². The molecule has 94 valence electrons. The highest BCUT2D eigenvalue weighted by atomic mass is 16.5. The topological polar surface area (TPSA) is 38.3 Å². The van der Waals surface area contributed by atoms with Crippen LogP contribution in [0.5, 0.6) is 5.75 Å². The normalized spacial score (nSPS) is 10.4. The van der Waals surface area contributed by atoms with Crippen molar-refractivity contribution in [3.05, 3.63) is 23.8 Å². The molecule has 0 saturated carbocycles. The van der Waals surface area contributed by atoms with Gasteiger partial charge in [-0.25, -0.2) is 0 Å². The summed E-state index contributed by atoms with van der Waals surface area (Å²) in [6.07, 6.45) is 0.540. The number of aryl methyl sites for hydroxylation is 1. The number of rotatable bonds is 5. The molecule has 1 aromatic carbocycles. The standard InChI is InChI=1S/C14H21NO2/c1-5-17-13-8-11(4)7-12(9-13)15-14(16)6-10(2)3/h7-10H,5-6H2,1-4H3,(H,15,16). The second-order valence-corrected chi connectivity index (χ2v) is 4.61. The number of benzene rings is 1. The minimum absolute atomic E-state index is 0.0491. The van der Waals surface area contributed by atoms with Crippen LogP contribution >= 0.6 is 0 Å². The molecule has 1 N–H and O–H groups in total. The van der Waals surface area contributed by atoms with E-state index in [-0.39, 0.29) is 5.91 Å². The molecule has 0 saturated heterocycles. The monoisotopic (exact) mass is 235 g/mol. The highest BCUT2D eigenvalue weighted by Gasteiger charge is 2.06. The lowest BCUT2D eigenvalue weighted by Crippen LogP contribution is -2.14. The Hall–Kier alpha value is -1.51. The van der Waals surface area contributed by atoms with Crippen LogP contribution < -0.4 is 10.1 Å². The summed E-state index contributed by atoms with van der Waals surface area (Å²) in [6.45, 7) is 8.62. The summed E-state index contributed by atoms with van der Waals surface area (Å²) in [5.74, 6) is 1.21. The molecule has 17 heavy (non-hydrogen) atoms. The molecule has 0 fully saturated rings. The Bertz CT molecular complexity index is 386. The van der Waals surface area contributed by atoms with Gasteiger partial charge < -0.3 is 10.1 Å². The lowest BCUT2D eigenvalue weighted by molar-refractivity contribution is -0.116. The molecule has 0 heterocycles. The van der Waals surface area contributed by atoms with Crippen LogP contribution in [0.15, 0.2) is 18.2 Å². The van der Waals surface area contributed by atoms with Gasteiger partial charge in [0.25, 0.3) is 0 Å². The lowest BCUT2D eigenvalue weighted by atomic mass is 10.1. The molecule has 3 heteroatoms. The molecule has 0 aliphatic rings. The molecule has 0 spiro atoms. The van der Waals surface area contributed by atoms with E-state index in [1.54, 1.807) is 0 Å². The van der Waals surface area contributed by atoms with Gasteiger partial charge in [0, 0.05) is 18.2 Å². The van der Waals surface area contributed by atoms with E-state index in [0.717, 1.165) is 17.0 Å². The first-order chi connectivity index (χ1) is 8.01. The van der Waals surface area contributed by atoms with Gasteiger partial charge in [-0.05, 0) is 37.5 Å². The summed E-state index contributed by atoms with van der Waals surface area (Å²) in [5.41, 5.74) is 1.88. The van der Waals surface area contributed by atoms with Gasteiger partial charge in [0.05, 0.1) is 6.61 Å². The summed E-state index contributed by atoms with van der Waals surface area (Å²) in [7, 11) is 0. The zero-order valence-electron chi connectivity index (χ0n) is 11.0. The van der Waals surface area contributed by atoms with Crippen molar-refractivity contribution in [3.63, 3.8) is 0 Å². The number of nitrogens with one attached hydrogen (secondary N) is 1. The van der Waals surface area contributed by atoms with Crippen molar-refractivity contribution in [2.75, 3.05) is 11.9 Å². The molecular weight excluding hydrogens is 214 g/mol. The van der Waals surface area contributed by atoms with Crippen LogP contribution in [0.4, 0.5) is 5.69 Å². The quantitative estimate of drug-likeness (QED) is 0.849. The molecule has 3 nitrogen and oxygen atoms in total. The maximum absolute atomic E-state index is 11.7. The third-order valence-corrected chi connectivity index (χ3v) is 2.24. The van der Waals surface area contributed by atoms with Gasteiger partial charge in [-0.1, -0.05) is 13.8 Å². The number of hydrogen-bond donors (Lipinski definition) is 1. The Morgan fingerprint density at radius 2 is 2.06 bits per heavy atom. The fraction of sp³-hybridized carbons (Fsp3) is 0.500. The third kappa shape index (κ3) is 4.89. The molecule has 0 radical (unpaired) electrons. The van der Waals surface area contributed by atoms with Crippen molar-refractivity contribution < 1.29 is 9.53 Å². The Kier molecular flexibility index (Phi) is 5.01. The van der Waals surface area contributed by atoms with Gasteiger partial charge in [0.15, 0.2) is 0 Å². The summed E-state index contributed by atoms with van der Waals surface area (Å²) in [6, 6.07) is 5.76. The van der Waals surface area contributed by atoms with Crippen LogP contribution in [-0.4, -0.2) is 12.5 Å². The van der Waals surface area contributed by atoms with Gasteiger partial charge in [0.1, 0.15) is 5.75 Å². The van der Waals surface area contributed by atoms with Crippen LogP contribution in [0.25, 0.3) is 0 Å². The Morgan fingerprint density at radius 3 is 2.65 bits per heavy atom. The van der Waals surface area contributed by atoms with E-state index in [4.69, 9.17) is 4.74 Å². The van der Waals surface area contributed by atoms with Crippen LogP contribution in [0.2, 0.25) is 0 Å². The number of ether oxygens (including phenoxy) is 1. The van der Waals surface area contributed by atoms with Gasteiger partial charge in [-0.3, -0.25) is 4.79 Å². The van der Waals surface area contributed by atoms with Crippen LogP contribution in [0.3, 0.4) is 0 Å². The molecule has 0 aromatic heterocycles. The Balaban J connectivity index is 2.73. The third-order valence-electron chi connectivity index (χ3n) is 2.24. The first-order valence-corrected chi connectivity index (χ1v) is 6.05. The zero-order valence-corrected chi connectivity index (χ0v) is 11.0. The van der Waals surface area contributed by atoms with Gasteiger partial charge in [0.2, 0.25) is 5.91 Å². The van der Waals surface area contributed by atoms with Crippen molar-refractivity contribution in [2.24, 2.45) is 5.92 Å². The van der Waals surface area contributed by atoms with E-state index in [2.05, 4.69) is 5.32 Å². The first-order valence-electron chi connectivity index (χ1n) is 6.05. The van der Waals surface area contributed by atoms with Gasteiger partial charge in [-0.15, -0.1) is 0 Å². The SMILES string of the molecule is CCOc1cc(C)cc(NC(=O)CC(C)C)c1. The Morgan fingerprint density at radius 1 is 1.35 bits per heavy atom. The van der Waals surface area contributed by atoms with E-state index >= 15 is 0 Å². The average Bonchev–Trinajstić information content (AvgIpc) is 2.14. The van der Waals surface area contributed by atoms with E-state index in [9.17, 15) is 4.79 Å². The number of amides is 1. The second-order valence-electron chi connectivity index (χ2n) is 4.61. The maximum atomic E-state index is 11.7. The molecule has 1 amide bonds. The van der Waals surface area contributed by atoms with Crippen LogP contribution in [0.1, 0.15) is 32.8 Å². The molecule has 1 aromatic rings. The van der Waals surface area contributed by atoms with Crippen LogP contribution in [0, 0.1) is 12.8 Å². The van der Waals surface area contributed by atoms with Crippen LogP contribution in [-0.2, 0) is 4.79 Å². The van der Waals surface area contributed by atoms with E-state index < -0.39 is 0 Å². The van der Waals surface area contributed by atoms with E-state index in [1.165, 1.54) is 0 Å². The minimum atomic E-state index is 0.0491. The molecular formula is C14H21NO2. The zero-order chi connectivity index (χ0) is 12.8. The van der Waals surface area contributed by atoms with Crippen molar-refractivity contribution in [1.29, 1.82) is 0 Å². The van der Waals surface area contributed by atoms with Crippen molar-refractivity contribution >= 4 is 11.6 Å².